The van der Waals surface area contributed by atoms with Gasteiger partial charge in [0, 0.05) is 13.0 Å². The smallest absolute Gasteiger partial charge is 0.200 e. The average molecular weight is 427 g/mol. The predicted octanol–water partition coefficient (Wildman–Crippen LogP) is 7.11. The maximum Gasteiger partial charge on any atom is 0.200 e. The molecule has 0 saturated carbocycles. The summed E-state index contributed by atoms with van der Waals surface area (Å²) < 4.78 is 13.2. The summed E-state index contributed by atoms with van der Waals surface area (Å²) in [5.74, 6) is 1.20. The Hall–Kier alpha value is -0.163. The largest absolute Gasteiger partial charge is 0.416 e. The molecular formula is C25H50O3Si. The van der Waals surface area contributed by atoms with Crippen LogP contribution in [0.2, 0.25) is 16.6 Å². The SMILES string of the molecule is CC(C)C/C=C/[C@@H](O)C[C@@H]1CC[C@H](C)[C@@H](CCO[Si](C(C)C)(C(C)C)C(C)C)O1. The molecule has 1 heterocycles. The third kappa shape index (κ3) is 8.12. The van der Waals surface area contributed by atoms with Gasteiger partial charge in [-0.2, -0.15) is 0 Å². The van der Waals surface area contributed by atoms with Crippen molar-refractivity contribution in [3.63, 3.8) is 0 Å². The number of allylic oxidation sites excluding steroid dienone is 1. The van der Waals surface area contributed by atoms with Gasteiger partial charge in [0.2, 0.25) is 0 Å². The average Bonchev–Trinajstić information content (AvgIpc) is 2.59. The van der Waals surface area contributed by atoms with Crippen molar-refractivity contribution in [2.24, 2.45) is 11.8 Å². The highest BCUT2D eigenvalue weighted by atomic mass is 28.4. The highest BCUT2D eigenvalue weighted by Gasteiger charge is 2.45. The van der Waals surface area contributed by atoms with Crippen LogP contribution in [0.5, 0.6) is 0 Å². The molecule has 4 heteroatoms. The Morgan fingerprint density at radius 3 is 2.10 bits per heavy atom. The van der Waals surface area contributed by atoms with Gasteiger partial charge in [-0.1, -0.05) is 74.5 Å². The minimum absolute atomic E-state index is 0.164. The van der Waals surface area contributed by atoms with Crippen LogP contribution in [0.15, 0.2) is 12.2 Å². The number of hydrogen-bond donors (Lipinski definition) is 1. The van der Waals surface area contributed by atoms with Gasteiger partial charge in [-0.15, -0.1) is 0 Å². The van der Waals surface area contributed by atoms with Gasteiger partial charge in [-0.25, -0.2) is 0 Å². The molecule has 0 aromatic heterocycles. The van der Waals surface area contributed by atoms with Crippen LogP contribution in [0, 0.1) is 11.8 Å². The molecule has 0 bridgehead atoms. The Bertz CT molecular complexity index is 451. The second kappa shape index (κ2) is 12.6. The molecule has 1 rings (SSSR count). The zero-order chi connectivity index (χ0) is 22.2. The zero-order valence-corrected chi connectivity index (χ0v) is 21.8. The topological polar surface area (TPSA) is 38.7 Å². The first-order valence-corrected chi connectivity index (χ1v) is 14.3. The first-order valence-electron chi connectivity index (χ1n) is 12.1. The Morgan fingerprint density at radius 1 is 1.00 bits per heavy atom. The second-order valence-corrected chi connectivity index (χ2v) is 16.1. The lowest BCUT2D eigenvalue weighted by atomic mass is 9.90. The van der Waals surface area contributed by atoms with Gasteiger partial charge >= 0.3 is 0 Å². The second-order valence-electron chi connectivity index (χ2n) is 10.7. The predicted molar refractivity (Wildman–Crippen MR) is 128 cm³/mol. The van der Waals surface area contributed by atoms with Gasteiger partial charge in [0.1, 0.15) is 0 Å². The molecule has 1 N–H and O–H groups in total. The van der Waals surface area contributed by atoms with Gasteiger partial charge in [-0.3, -0.25) is 0 Å². The summed E-state index contributed by atoms with van der Waals surface area (Å²) in [5, 5.41) is 10.3. The van der Waals surface area contributed by atoms with E-state index in [4.69, 9.17) is 9.16 Å². The van der Waals surface area contributed by atoms with Crippen LogP contribution in [-0.4, -0.2) is 38.3 Å². The summed E-state index contributed by atoms with van der Waals surface area (Å²) in [5.41, 5.74) is 1.85. The standard InChI is InChI=1S/C25H50O3Si/c1-18(2)11-10-12-23(26)17-24-14-13-22(9)25(28-24)15-16-27-29(19(3)4,20(5)6)21(7)8/h10,12,18-26H,11,13-17H2,1-9H3/b12-10+/t22-,23+,24-,25+/m0/s1. The van der Waals surface area contributed by atoms with Crippen molar-refractivity contribution >= 4 is 8.32 Å². The monoisotopic (exact) mass is 426 g/mol. The molecule has 1 saturated heterocycles. The molecule has 1 aliphatic rings. The van der Waals surface area contributed by atoms with Crippen LogP contribution in [0.25, 0.3) is 0 Å². The summed E-state index contributed by atoms with van der Waals surface area (Å²) in [7, 11) is -1.81. The molecule has 172 valence electrons. The van der Waals surface area contributed by atoms with E-state index in [0.717, 1.165) is 25.9 Å². The van der Waals surface area contributed by atoms with Crippen LogP contribution in [0.1, 0.15) is 94.4 Å². The third-order valence-corrected chi connectivity index (χ3v) is 13.0. The van der Waals surface area contributed by atoms with E-state index in [-0.39, 0.29) is 12.2 Å². The molecule has 3 nitrogen and oxygen atoms in total. The van der Waals surface area contributed by atoms with Crippen molar-refractivity contribution in [3.8, 4) is 0 Å². The van der Waals surface area contributed by atoms with Crippen molar-refractivity contribution < 1.29 is 14.3 Å². The molecule has 0 aromatic rings. The highest BCUT2D eigenvalue weighted by Crippen LogP contribution is 2.42. The third-order valence-electron chi connectivity index (χ3n) is 6.88. The molecule has 0 amide bonds. The number of rotatable bonds is 12. The van der Waals surface area contributed by atoms with E-state index < -0.39 is 14.4 Å². The first kappa shape index (κ1) is 26.9. The summed E-state index contributed by atoms with van der Waals surface area (Å²) >= 11 is 0. The van der Waals surface area contributed by atoms with E-state index >= 15 is 0 Å². The number of aliphatic hydroxyl groups excluding tert-OH is 1. The van der Waals surface area contributed by atoms with E-state index in [1.807, 2.05) is 6.08 Å². The van der Waals surface area contributed by atoms with Gasteiger partial charge < -0.3 is 14.3 Å². The molecule has 29 heavy (non-hydrogen) atoms. The van der Waals surface area contributed by atoms with Gasteiger partial charge in [0.25, 0.3) is 0 Å². The van der Waals surface area contributed by atoms with E-state index in [9.17, 15) is 5.11 Å². The Labute approximate surface area is 182 Å². The fraction of sp³-hybridized carbons (Fsp3) is 0.920. The zero-order valence-electron chi connectivity index (χ0n) is 20.8. The Morgan fingerprint density at radius 2 is 1.59 bits per heavy atom. The lowest BCUT2D eigenvalue weighted by Crippen LogP contribution is -2.48. The molecule has 0 radical (unpaired) electrons. The summed E-state index contributed by atoms with van der Waals surface area (Å²) in [4.78, 5) is 0. The molecule has 0 aliphatic carbocycles. The quantitative estimate of drug-likeness (QED) is 0.267. The van der Waals surface area contributed by atoms with Gasteiger partial charge in [0.15, 0.2) is 8.32 Å². The lowest BCUT2D eigenvalue weighted by Gasteiger charge is -2.43. The fourth-order valence-electron chi connectivity index (χ4n) is 5.32. The summed E-state index contributed by atoms with van der Waals surface area (Å²) in [6.07, 6.45) is 9.01. The lowest BCUT2D eigenvalue weighted by molar-refractivity contribution is -0.0967. The van der Waals surface area contributed by atoms with E-state index in [1.54, 1.807) is 0 Å². The maximum absolute atomic E-state index is 10.3. The fourth-order valence-corrected chi connectivity index (χ4v) is 10.8. The van der Waals surface area contributed by atoms with Gasteiger partial charge in [-0.05, 0) is 54.1 Å². The van der Waals surface area contributed by atoms with Gasteiger partial charge in [0.05, 0.1) is 18.3 Å². The number of hydrogen-bond acceptors (Lipinski definition) is 3. The molecule has 1 fully saturated rings. The van der Waals surface area contributed by atoms with Crippen molar-refractivity contribution in [2.75, 3.05) is 6.61 Å². The van der Waals surface area contributed by atoms with Crippen LogP contribution in [-0.2, 0) is 9.16 Å². The molecule has 0 unspecified atom stereocenters. The minimum Gasteiger partial charge on any atom is -0.416 e. The molecule has 1 aliphatic heterocycles. The van der Waals surface area contributed by atoms with Crippen molar-refractivity contribution in [2.45, 2.75) is 129 Å². The van der Waals surface area contributed by atoms with E-state index in [0.29, 0.717) is 34.9 Å². The number of ether oxygens (including phenoxy) is 1. The Kier molecular flexibility index (Phi) is 11.7. The molecule has 0 spiro atoms. The van der Waals surface area contributed by atoms with Crippen LogP contribution in [0.3, 0.4) is 0 Å². The van der Waals surface area contributed by atoms with Crippen LogP contribution in [0.4, 0.5) is 0 Å². The Balaban J connectivity index is 2.59. The van der Waals surface area contributed by atoms with Crippen molar-refractivity contribution in [1.29, 1.82) is 0 Å². The summed E-state index contributed by atoms with van der Waals surface area (Å²) in [6.45, 7) is 21.6. The number of aliphatic hydroxyl groups is 1. The molecular weight excluding hydrogens is 376 g/mol. The van der Waals surface area contributed by atoms with Crippen LogP contribution < -0.4 is 0 Å². The van der Waals surface area contributed by atoms with Crippen LogP contribution >= 0.6 is 0 Å². The molecule has 0 aromatic carbocycles. The maximum atomic E-state index is 10.3. The van der Waals surface area contributed by atoms with E-state index in [1.165, 1.54) is 6.42 Å². The van der Waals surface area contributed by atoms with Crippen molar-refractivity contribution in [1.82, 2.24) is 0 Å². The normalized spacial score (nSPS) is 25.1. The summed E-state index contributed by atoms with van der Waals surface area (Å²) in [6, 6.07) is 0. The first-order chi connectivity index (χ1) is 13.5. The van der Waals surface area contributed by atoms with Crippen molar-refractivity contribution in [3.05, 3.63) is 12.2 Å². The minimum atomic E-state index is -1.81. The molecule has 4 atom stereocenters. The van der Waals surface area contributed by atoms with E-state index in [2.05, 4.69) is 68.4 Å². The highest BCUT2D eigenvalue weighted by molar-refractivity contribution is 6.77.